The molecule has 5 heteroatoms. The molecule has 1 aromatic heterocycles. The molecule has 0 aliphatic rings. The number of carbonyl (C=O) groups excluding carboxylic acids is 1. The van der Waals surface area contributed by atoms with Crippen LogP contribution in [0, 0.1) is 0 Å². The molecule has 0 spiro atoms. The van der Waals surface area contributed by atoms with Crippen LogP contribution in [0.5, 0.6) is 0 Å². The number of nitrogens with zero attached hydrogens (tertiary/aromatic N) is 1. The molecule has 0 bridgehead atoms. The fraction of sp³-hybridized carbons (Fsp3) is 0.455. The van der Waals surface area contributed by atoms with E-state index in [-0.39, 0.29) is 5.91 Å². The molecular formula is C11H18N4O. The predicted octanol–water partition coefficient (Wildman–Crippen LogP) is 0.00900. The van der Waals surface area contributed by atoms with Crippen LogP contribution >= 0.6 is 0 Å². The van der Waals surface area contributed by atoms with E-state index in [4.69, 9.17) is 11.5 Å². The lowest BCUT2D eigenvalue weighted by Gasteiger charge is -2.05. The average Bonchev–Trinajstić information content (AvgIpc) is 2.34. The van der Waals surface area contributed by atoms with Gasteiger partial charge < -0.3 is 16.8 Å². The molecule has 1 aromatic rings. The Morgan fingerprint density at radius 3 is 2.88 bits per heavy atom. The molecule has 0 aliphatic heterocycles. The Hall–Kier alpha value is -1.46. The summed E-state index contributed by atoms with van der Waals surface area (Å²) in [6.45, 7) is 1.65. The molecule has 1 amide bonds. The van der Waals surface area contributed by atoms with E-state index < -0.39 is 0 Å². The summed E-state index contributed by atoms with van der Waals surface area (Å²) >= 11 is 0. The minimum Gasteiger partial charge on any atom is -0.352 e. The zero-order valence-electron chi connectivity index (χ0n) is 9.28. The van der Waals surface area contributed by atoms with Crippen molar-refractivity contribution >= 4 is 5.91 Å². The zero-order valence-corrected chi connectivity index (χ0v) is 9.28. The van der Waals surface area contributed by atoms with Crippen molar-refractivity contribution < 1.29 is 4.79 Å². The SMILES string of the molecule is NCCCCNC(=O)c1ccnc(CN)c1. The van der Waals surface area contributed by atoms with Crippen molar-refractivity contribution in [3.05, 3.63) is 29.6 Å². The second kappa shape index (κ2) is 6.92. The molecule has 5 nitrogen and oxygen atoms in total. The van der Waals surface area contributed by atoms with Crippen LogP contribution in [0.4, 0.5) is 0 Å². The Morgan fingerprint density at radius 2 is 2.19 bits per heavy atom. The smallest absolute Gasteiger partial charge is 0.251 e. The molecule has 0 saturated carbocycles. The highest BCUT2D eigenvalue weighted by Gasteiger charge is 2.05. The van der Waals surface area contributed by atoms with Crippen molar-refractivity contribution in [1.82, 2.24) is 10.3 Å². The first-order valence-corrected chi connectivity index (χ1v) is 5.41. The second-order valence-electron chi connectivity index (χ2n) is 3.49. The number of pyridine rings is 1. The average molecular weight is 222 g/mol. The van der Waals surface area contributed by atoms with Gasteiger partial charge in [-0.25, -0.2) is 0 Å². The number of hydrogen-bond donors (Lipinski definition) is 3. The van der Waals surface area contributed by atoms with Gasteiger partial charge in [0, 0.05) is 24.8 Å². The quantitative estimate of drug-likeness (QED) is 0.591. The molecule has 0 fully saturated rings. The first-order valence-electron chi connectivity index (χ1n) is 5.41. The van der Waals surface area contributed by atoms with Gasteiger partial charge in [-0.3, -0.25) is 9.78 Å². The van der Waals surface area contributed by atoms with Crippen molar-refractivity contribution in [2.24, 2.45) is 11.5 Å². The van der Waals surface area contributed by atoms with Crippen molar-refractivity contribution in [2.75, 3.05) is 13.1 Å². The van der Waals surface area contributed by atoms with Crippen LogP contribution in [0.2, 0.25) is 0 Å². The monoisotopic (exact) mass is 222 g/mol. The van der Waals surface area contributed by atoms with E-state index in [0.29, 0.717) is 25.2 Å². The molecule has 0 aromatic carbocycles. The van der Waals surface area contributed by atoms with E-state index in [0.717, 1.165) is 18.5 Å². The molecule has 1 rings (SSSR count). The number of nitrogens with two attached hydrogens (primary N) is 2. The molecule has 88 valence electrons. The van der Waals surface area contributed by atoms with Crippen LogP contribution < -0.4 is 16.8 Å². The lowest BCUT2D eigenvalue weighted by molar-refractivity contribution is 0.0953. The molecule has 0 radical (unpaired) electrons. The minimum absolute atomic E-state index is 0.0888. The maximum Gasteiger partial charge on any atom is 0.251 e. The molecule has 0 atom stereocenters. The normalized spacial score (nSPS) is 10.1. The van der Waals surface area contributed by atoms with Gasteiger partial charge in [-0.15, -0.1) is 0 Å². The van der Waals surface area contributed by atoms with Gasteiger partial charge in [-0.05, 0) is 31.5 Å². The van der Waals surface area contributed by atoms with Crippen molar-refractivity contribution in [3.63, 3.8) is 0 Å². The summed E-state index contributed by atoms with van der Waals surface area (Å²) in [4.78, 5) is 15.7. The third-order valence-electron chi connectivity index (χ3n) is 2.20. The van der Waals surface area contributed by atoms with Crippen LogP contribution in [0.15, 0.2) is 18.3 Å². The molecule has 16 heavy (non-hydrogen) atoms. The van der Waals surface area contributed by atoms with Crippen molar-refractivity contribution in [2.45, 2.75) is 19.4 Å². The molecule has 0 aliphatic carbocycles. The predicted molar refractivity (Wildman–Crippen MR) is 62.8 cm³/mol. The van der Waals surface area contributed by atoms with Gasteiger partial charge in [-0.2, -0.15) is 0 Å². The largest absolute Gasteiger partial charge is 0.352 e. The molecule has 5 N–H and O–H groups in total. The fourth-order valence-electron chi connectivity index (χ4n) is 1.30. The summed E-state index contributed by atoms with van der Waals surface area (Å²) in [7, 11) is 0. The maximum atomic E-state index is 11.7. The lowest BCUT2D eigenvalue weighted by atomic mass is 10.2. The standard InChI is InChI=1S/C11H18N4O/c12-4-1-2-5-15-11(16)9-3-6-14-10(7-9)8-13/h3,6-7H,1-2,4-5,8,12-13H2,(H,15,16). The number of amides is 1. The van der Waals surface area contributed by atoms with Crippen molar-refractivity contribution in [3.8, 4) is 0 Å². The Kier molecular flexibility index (Phi) is 5.45. The summed E-state index contributed by atoms with van der Waals surface area (Å²) in [6, 6.07) is 3.38. The molecule has 0 saturated heterocycles. The van der Waals surface area contributed by atoms with E-state index in [1.54, 1.807) is 18.3 Å². The number of hydrogen-bond acceptors (Lipinski definition) is 4. The van der Waals surface area contributed by atoms with E-state index >= 15 is 0 Å². The van der Waals surface area contributed by atoms with Gasteiger partial charge in [0.1, 0.15) is 0 Å². The van der Waals surface area contributed by atoms with Gasteiger partial charge in [0.25, 0.3) is 5.91 Å². The fourth-order valence-corrected chi connectivity index (χ4v) is 1.30. The van der Waals surface area contributed by atoms with Crippen LogP contribution in [-0.2, 0) is 6.54 Å². The minimum atomic E-state index is -0.0888. The van der Waals surface area contributed by atoms with Crippen LogP contribution in [0.1, 0.15) is 28.9 Å². The maximum absolute atomic E-state index is 11.7. The Balaban J connectivity index is 2.46. The van der Waals surface area contributed by atoms with E-state index in [9.17, 15) is 4.79 Å². The number of unbranched alkanes of at least 4 members (excludes halogenated alkanes) is 1. The number of carbonyl (C=O) groups is 1. The number of rotatable bonds is 6. The van der Waals surface area contributed by atoms with Crippen molar-refractivity contribution in [1.29, 1.82) is 0 Å². The molecule has 0 unspecified atom stereocenters. The summed E-state index contributed by atoms with van der Waals surface area (Å²) in [6.07, 6.45) is 3.42. The summed E-state index contributed by atoms with van der Waals surface area (Å²) in [5.41, 5.74) is 12.1. The van der Waals surface area contributed by atoms with Gasteiger partial charge in [0.05, 0.1) is 5.69 Å². The Morgan fingerprint density at radius 1 is 1.38 bits per heavy atom. The molecule has 1 heterocycles. The summed E-state index contributed by atoms with van der Waals surface area (Å²) in [5.74, 6) is -0.0888. The third-order valence-corrected chi connectivity index (χ3v) is 2.20. The number of nitrogens with one attached hydrogen (secondary N) is 1. The Labute approximate surface area is 95.2 Å². The van der Waals surface area contributed by atoms with E-state index in [2.05, 4.69) is 10.3 Å². The third kappa shape index (κ3) is 3.96. The second-order valence-corrected chi connectivity index (χ2v) is 3.49. The van der Waals surface area contributed by atoms with E-state index in [1.807, 2.05) is 0 Å². The molecular weight excluding hydrogens is 204 g/mol. The first-order chi connectivity index (χ1) is 7.77. The highest BCUT2D eigenvalue weighted by atomic mass is 16.1. The van der Waals surface area contributed by atoms with Crippen LogP contribution in [-0.4, -0.2) is 24.0 Å². The van der Waals surface area contributed by atoms with Gasteiger partial charge >= 0.3 is 0 Å². The topological polar surface area (TPSA) is 94.0 Å². The van der Waals surface area contributed by atoms with E-state index in [1.165, 1.54) is 0 Å². The van der Waals surface area contributed by atoms with Crippen LogP contribution in [0.3, 0.4) is 0 Å². The number of aromatic nitrogens is 1. The highest BCUT2D eigenvalue weighted by Crippen LogP contribution is 2.01. The lowest BCUT2D eigenvalue weighted by Crippen LogP contribution is -2.25. The summed E-state index contributed by atoms with van der Waals surface area (Å²) < 4.78 is 0. The summed E-state index contributed by atoms with van der Waals surface area (Å²) in [5, 5.41) is 2.82. The van der Waals surface area contributed by atoms with Gasteiger partial charge in [0.2, 0.25) is 0 Å². The van der Waals surface area contributed by atoms with Crippen LogP contribution in [0.25, 0.3) is 0 Å². The zero-order chi connectivity index (χ0) is 11.8. The van der Waals surface area contributed by atoms with Gasteiger partial charge in [-0.1, -0.05) is 0 Å². The Bertz CT molecular complexity index is 341. The first kappa shape index (κ1) is 12.6. The van der Waals surface area contributed by atoms with Gasteiger partial charge in [0.15, 0.2) is 0 Å². The highest BCUT2D eigenvalue weighted by molar-refractivity contribution is 5.94.